The molecule has 0 saturated heterocycles. The van der Waals surface area contributed by atoms with Crippen molar-refractivity contribution in [2.45, 2.75) is 6.18 Å². The van der Waals surface area contributed by atoms with Crippen molar-refractivity contribution in [3.05, 3.63) is 96.2 Å². The summed E-state index contributed by atoms with van der Waals surface area (Å²) >= 11 is 0. The smallest absolute Gasteiger partial charge is 0.416 e. The van der Waals surface area contributed by atoms with Crippen molar-refractivity contribution in [1.82, 2.24) is 0 Å². The Morgan fingerprint density at radius 3 is 2.03 bits per heavy atom. The second kappa shape index (κ2) is 9.50. The molecule has 3 rings (SSSR count). The van der Waals surface area contributed by atoms with Gasteiger partial charge >= 0.3 is 6.18 Å². The minimum absolute atomic E-state index is 0.246. The van der Waals surface area contributed by atoms with Gasteiger partial charge in [0.1, 0.15) is 23.1 Å². The number of rotatable bonds is 6. The van der Waals surface area contributed by atoms with Gasteiger partial charge in [-0.25, -0.2) is 0 Å². The number of nitrogens with one attached hydrogen (secondary N) is 2. The summed E-state index contributed by atoms with van der Waals surface area (Å²) in [5.41, 5.74) is -0.290. The normalized spacial score (nSPS) is 11.4. The molecule has 0 saturated carbocycles. The maximum atomic E-state index is 12.6. The highest BCUT2D eigenvalue weighted by Gasteiger charge is 2.29. The fraction of sp³-hybridized carbons (Fsp3) is 0.0435. The molecule has 5 nitrogen and oxygen atoms in total. The molecule has 3 aromatic rings. The predicted octanol–water partition coefficient (Wildman–Crippen LogP) is 5.96. The van der Waals surface area contributed by atoms with Crippen LogP contribution in [0, 0.1) is 11.3 Å². The van der Waals surface area contributed by atoms with Crippen LogP contribution in [0.3, 0.4) is 0 Å². The lowest BCUT2D eigenvalue weighted by atomic mass is 10.2. The molecule has 0 heterocycles. The van der Waals surface area contributed by atoms with Gasteiger partial charge in [-0.1, -0.05) is 18.2 Å². The average Bonchev–Trinajstić information content (AvgIpc) is 2.76. The minimum Gasteiger partial charge on any atom is -0.457 e. The van der Waals surface area contributed by atoms with E-state index in [-0.39, 0.29) is 5.57 Å². The summed E-state index contributed by atoms with van der Waals surface area (Å²) in [5.74, 6) is 0.575. The fourth-order valence-corrected chi connectivity index (χ4v) is 2.49. The summed E-state index contributed by atoms with van der Waals surface area (Å²) in [6, 6.07) is 21.7. The van der Waals surface area contributed by atoms with E-state index in [1.807, 2.05) is 30.3 Å². The first-order valence-corrected chi connectivity index (χ1v) is 9.03. The number of benzene rings is 3. The molecular weight excluding hydrogens is 407 g/mol. The first kappa shape index (κ1) is 21.5. The molecule has 0 spiro atoms. The van der Waals surface area contributed by atoms with E-state index in [9.17, 15) is 23.2 Å². The van der Waals surface area contributed by atoms with Crippen molar-refractivity contribution in [2.24, 2.45) is 0 Å². The molecule has 0 aliphatic rings. The molecular formula is C23H16F3N3O2. The number of carbonyl (C=O) groups is 1. The first-order valence-electron chi connectivity index (χ1n) is 9.03. The van der Waals surface area contributed by atoms with E-state index in [2.05, 4.69) is 10.6 Å². The largest absolute Gasteiger partial charge is 0.457 e. The van der Waals surface area contributed by atoms with E-state index in [1.54, 1.807) is 30.3 Å². The van der Waals surface area contributed by atoms with Gasteiger partial charge in [0.2, 0.25) is 0 Å². The third kappa shape index (κ3) is 6.11. The van der Waals surface area contributed by atoms with Crippen molar-refractivity contribution < 1.29 is 22.7 Å². The Hall–Kier alpha value is -4.25. The zero-order valence-corrected chi connectivity index (χ0v) is 16.0. The number of hydrogen-bond acceptors (Lipinski definition) is 4. The highest BCUT2D eigenvalue weighted by molar-refractivity contribution is 6.06. The molecule has 0 fully saturated rings. The van der Waals surface area contributed by atoms with E-state index in [1.165, 1.54) is 12.1 Å². The topological polar surface area (TPSA) is 74.2 Å². The van der Waals surface area contributed by atoms with Gasteiger partial charge < -0.3 is 15.4 Å². The summed E-state index contributed by atoms with van der Waals surface area (Å²) in [6.45, 7) is 0. The predicted molar refractivity (Wildman–Crippen MR) is 110 cm³/mol. The quantitative estimate of drug-likeness (QED) is 0.379. The van der Waals surface area contributed by atoms with E-state index < -0.39 is 17.6 Å². The standard InChI is InChI=1S/C23H16F3N3O2/c24-23(25,26)17-6-8-18(9-7-17)28-15-16(14-27)22(30)29-19-10-12-21(13-11-19)31-20-4-2-1-3-5-20/h1-13,15,28H,(H,29,30)/b16-15-. The number of hydrogen-bond donors (Lipinski definition) is 2. The van der Waals surface area contributed by atoms with Crippen molar-refractivity contribution in [1.29, 1.82) is 5.26 Å². The summed E-state index contributed by atoms with van der Waals surface area (Å²) in [6.07, 6.45) is -3.31. The molecule has 156 valence electrons. The third-order valence-electron chi connectivity index (χ3n) is 4.05. The summed E-state index contributed by atoms with van der Waals surface area (Å²) in [7, 11) is 0. The van der Waals surface area contributed by atoms with Gasteiger partial charge in [0.05, 0.1) is 5.56 Å². The van der Waals surface area contributed by atoms with Gasteiger partial charge in [0.25, 0.3) is 5.91 Å². The van der Waals surface area contributed by atoms with Crippen LogP contribution in [0.5, 0.6) is 11.5 Å². The van der Waals surface area contributed by atoms with Crippen LogP contribution in [0.4, 0.5) is 24.5 Å². The molecule has 0 aromatic heterocycles. The van der Waals surface area contributed by atoms with Crippen LogP contribution in [-0.2, 0) is 11.0 Å². The van der Waals surface area contributed by atoms with Gasteiger partial charge in [0.15, 0.2) is 0 Å². The monoisotopic (exact) mass is 423 g/mol. The van der Waals surface area contributed by atoms with Crippen LogP contribution < -0.4 is 15.4 Å². The lowest BCUT2D eigenvalue weighted by Gasteiger charge is -2.09. The van der Waals surface area contributed by atoms with Gasteiger partial charge in [0, 0.05) is 17.6 Å². The molecule has 0 unspecified atom stereocenters. The zero-order chi connectivity index (χ0) is 22.3. The molecule has 1 amide bonds. The molecule has 0 atom stereocenters. The second-order valence-electron chi connectivity index (χ2n) is 6.28. The van der Waals surface area contributed by atoms with Crippen LogP contribution in [0.25, 0.3) is 0 Å². The lowest BCUT2D eigenvalue weighted by molar-refractivity contribution is -0.137. The number of para-hydroxylation sites is 1. The zero-order valence-electron chi connectivity index (χ0n) is 16.0. The van der Waals surface area contributed by atoms with Crippen molar-refractivity contribution in [3.63, 3.8) is 0 Å². The maximum Gasteiger partial charge on any atom is 0.416 e. The Bertz CT molecular complexity index is 1100. The van der Waals surface area contributed by atoms with Gasteiger partial charge in [-0.15, -0.1) is 0 Å². The molecule has 31 heavy (non-hydrogen) atoms. The molecule has 8 heteroatoms. The Morgan fingerprint density at radius 1 is 0.871 bits per heavy atom. The van der Waals surface area contributed by atoms with Crippen LogP contribution in [0.1, 0.15) is 5.56 Å². The molecule has 0 bridgehead atoms. The highest BCUT2D eigenvalue weighted by Crippen LogP contribution is 2.30. The Labute approximate surface area is 176 Å². The third-order valence-corrected chi connectivity index (χ3v) is 4.05. The minimum atomic E-state index is -4.44. The number of carbonyl (C=O) groups excluding carboxylic acids is 1. The lowest BCUT2D eigenvalue weighted by Crippen LogP contribution is -2.14. The van der Waals surface area contributed by atoms with Crippen LogP contribution in [0.15, 0.2) is 90.6 Å². The summed E-state index contributed by atoms with van der Waals surface area (Å²) in [4.78, 5) is 12.3. The number of nitrogens with zero attached hydrogens (tertiary/aromatic N) is 1. The number of amides is 1. The van der Waals surface area contributed by atoms with Gasteiger partial charge in [-0.05, 0) is 60.7 Å². The van der Waals surface area contributed by atoms with Crippen LogP contribution >= 0.6 is 0 Å². The van der Waals surface area contributed by atoms with E-state index in [0.717, 1.165) is 18.3 Å². The van der Waals surface area contributed by atoms with E-state index >= 15 is 0 Å². The van der Waals surface area contributed by atoms with Gasteiger partial charge in [-0.3, -0.25) is 4.79 Å². The molecule has 0 aliphatic heterocycles. The van der Waals surface area contributed by atoms with Crippen molar-refractivity contribution >= 4 is 17.3 Å². The van der Waals surface area contributed by atoms with E-state index in [0.29, 0.717) is 22.9 Å². The number of alkyl halides is 3. The number of ether oxygens (including phenoxy) is 1. The number of nitriles is 1. The average molecular weight is 423 g/mol. The summed E-state index contributed by atoms with van der Waals surface area (Å²) < 4.78 is 43.5. The summed E-state index contributed by atoms with van der Waals surface area (Å²) in [5, 5.41) is 14.4. The maximum absolute atomic E-state index is 12.6. The highest BCUT2D eigenvalue weighted by atomic mass is 19.4. The Morgan fingerprint density at radius 2 is 1.45 bits per heavy atom. The van der Waals surface area contributed by atoms with Crippen molar-refractivity contribution in [3.8, 4) is 17.6 Å². The molecule has 3 aromatic carbocycles. The van der Waals surface area contributed by atoms with E-state index in [4.69, 9.17) is 4.74 Å². The number of halogens is 3. The van der Waals surface area contributed by atoms with Crippen molar-refractivity contribution in [2.75, 3.05) is 10.6 Å². The Balaban J connectivity index is 1.61. The van der Waals surface area contributed by atoms with Crippen LogP contribution in [-0.4, -0.2) is 5.91 Å². The SMILES string of the molecule is N#C/C(=C/Nc1ccc(C(F)(F)F)cc1)C(=O)Nc1ccc(Oc2ccccc2)cc1. The van der Waals surface area contributed by atoms with Gasteiger partial charge in [-0.2, -0.15) is 18.4 Å². The molecule has 2 N–H and O–H groups in total. The first-order chi connectivity index (χ1) is 14.8. The molecule has 0 aliphatic carbocycles. The molecule has 0 radical (unpaired) electrons. The fourth-order valence-electron chi connectivity index (χ4n) is 2.49. The number of anilines is 2. The van der Waals surface area contributed by atoms with Crippen LogP contribution in [0.2, 0.25) is 0 Å². The second-order valence-corrected chi connectivity index (χ2v) is 6.28. The Kier molecular flexibility index (Phi) is 6.58.